The second-order valence-corrected chi connectivity index (χ2v) is 3.68. The third-order valence-corrected chi connectivity index (χ3v) is 2.24. The van der Waals surface area contributed by atoms with Gasteiger partial charge in [0.2, 0.25) is 0 Å². The quantitative estimate of drug-likeness (QED) is 0.786. The normalized spacial score (nSPS) is 12.9. The Kier molecular flexibility index (Phi) is 2.57. The van der Waals surface area contributed by atoms with E-state index >= 15 is 0 Å². The highest BCUT2D eigenvalue weighted by atomic mass is 16.4. The van der Waals surface area contributed by atoms with Crippen LogP contribution in [0.5, 0.6) is 0 Å². The third kappa shape index (κ3) is 2.01. The van der Waals surface area contributed by atoms with E-state index in [1.54, 1.807) is 10.7 Å². The number of fused-ring (bicyclic) bond motifs is 1. The van der Waals surface area contributed by atoms with E-state index in [-0.39, 0.29) is 6.42 Å². The Morgan fingerprint density at radius 1 is 1.69 bits per heavy atom. The number of nitrogens with zero attached hydrogens (tertiary/aromatic N) is 3. The molecule has 16 heavy (non-hydrogen) atoms. The lowest BCUT2D eigenvalue weighted by Crippen LogP contribution is -2.16. The van der Waals surface area contributed by atoms with Gasteiger partial charge in [-0.3, -0.25) is 4.79 Å². The van der Waals surface area contributed by atoms with E-state index in [0.717, 1.165) is 5.56 Å². The number of aryl methyl sites for hydroxylation is 1. The van der Waals surface area contributed by atoms with Gasteiger partial charge in [-0.2, -0.15) is 0 Å². The number of carboxylic acids is 1. The largest absolute Gasteiger partial charge is 0.481 e. The number of carbonyl (C=O) groups is 1. The Balaban J connectivity index is 2.35. The summed E-state index contributed by atoms with van der Waals surface area (Å²) in [6.07, 6.45) is 1.60. The van der Waals surface area contributed by atoms with Crippen LogP contribution in [-0.2, 0) is 4.79 Å². The van der Waals surface area contributed by atoms with Crippen LogP contribution in [0.2, 0.25) is 0 Å². The second kappa shape index (κ2) is 3.90. The predicted molar refractivity (Wildman–Crippen MR) is 56.9 cm³/mol. The lowest BCUT2D eigenvalue weighted by Gasteiger charge is -2.01. The van der Waals surface area contributed by atoms with Crippen molar-refractivity contribution in [3.8, 4) is 0 Å². The fourth-order valence-electron chi connectivity index (χ4n) is 1.44. The van der Waals surface area contributed by atoms with E-state index in [0.29, 0.717) is 11.5 Å². The first-order chi connectivity index (χ1) is 7.56. The molecule has 0 aliphatic rings. The highest BCUT2D eigenvalue weighted by Gasteiger charge is 2.15. The zero-order valence-electron chi connectivity index (χ0n) is 8.79. The number of nitrogens with two attached hydrogens (primary N) is 1. The fraction of sp³-hybridized carbons (Fsp3) is 0.300. The molecular weight excluding hydrogens is 208 g/mol. The summed E-state index contributed by atoms with van der Waals surface area (Å²) in [6, 6.07) is 3.09. The molecule has 0 aromatic carbocycles. The topological polar surface area (TPSA) is 93.5 Å². The number of carboxylic acid groups (broad SMARTS) is 1. The molecule has 0 aliphatic heterocycles. The van der Waals surface area contributed by atoms with Crippen LogP contribution in [0.15, 0.2) is 18.3 Å². The molecule has 2 heterocycles. The lowest BCUT2D eigenvalue weighted by atomic mass is 10.2. The van der Waals surface area contributed by atoms with Crippen LogP contribution in [0, 0.1) is 6.92 Å². The number of aromatic nitrogens is 3. The summed E-state index contributed by atoms with van der Waals surface area (Å²) in [5, 5.41) is 12.7. The number of pyridine rings is 1. The Bertz CT molecular complexity index is 535. The van der Waals surface area contributed by atoms with Gasteiger partial charge >= 0.3 is 5.97 Å². The summed E-state index contributed by atoms with van der Waals surface area (Å²) < 4.78 is 1.59. The minimum atomic E-state index is -0.956. The Morgan fingerprint density at radius 2 is 2.44 bits per heavy atom. The molecule has 0 spiro atoms. The van der Waals surface area contributed by atoms with Crippen LogP contribution in [0.25, 0.3) is 5.65 Å². The molecule has 0 saturated heterocycles. The minimum Gasteiger partial charge on any atom is -0.481 e. The molecule has 6 heteroatoms. The van der Waals surface area contributed by atoms with Crippen LogP contribution in [0.4, 0.5) is 0 Å². The maximum atomic E-state index is 10.5. The molecule has 1 atom stereocenters. The van der Waals surface area contributed by atoms with Gasteiger partial charge in [0.1, 0.15) is 0 Å². The number of aliphatic carboxylic acids is 1. The van der Waals surface area contributed by atoms with Crippen molar-refractivity contribution in [2.45, 2.75) is 19.4 Å². The van der Waals surface area contributed by atoms with E-state index in [2.05, 4.69) is 10.1 Å². The van der Waals surface area contributed by atoms with Crippen molar-refractivity contribution in [1.29, 1.82) is 0 Å². The van der Waals surface area contributed by atoms with E-state index in [4.69, 9.17) is 10.8 Å². The van der Waals surface area contributed by atoms with Crippen LogP contribution in [-0.4, -0.2) is 25.7 Å². The molecule has 6 nitrogen and oxygen atoms in total. The van der Waals surface area contributed by atoms with E-state index in [1.165, 1.54) is 0 Å². The lowest BCUT2D eigenvalue weighted by molar-refractivity contribution is -0.137. The summed E-state index contributed by atoms with van der Waals surface area (Å²) in [6.45, 7) is 1.95. The first-order valence-corrected chi connectivity index (χ1v) is 4.86. The van der Waals surface area contributed by atoms with Gasteiger partial charge in [0, 0.05) is 6.20 Å². The van der Waals surface area contributed by atoms with Gasteiger partial charge in [-0.05, 0) is 24.6 Å². The average molecular weight is 220 g/mol. The average Bonchev–Trinajstić information content (AvgIpc) is 2.59. The Morgan fingerprint density at radius 3 is 3.12 bits per heavy atom. The monoisotopic (exact) mass is 220 g/mol. The minimum absolute atomic E-state index is 0.171. The van der Waals surface area contributed by atoms with Gasteiger partial charge in [-0.15, -0.1) is 5.10 Å². The molecule has 0 fully saturated rings. The van der Waals surface area contributed by atoms with Gasteiger partial charge in [0.05, 0.1) is 12.5 Å². The predicted octanol–water partition coefficient (Wildman–Crippen LogP) is 0.512. The maximum Gasteiger partial charge on any atom is 0.305 e. The van der Waals surface area contributed by atoms with Crippen molar-refractivity contribution in [1.82, 2.24) is 14.6 Å². The molecule has 2 aromatic rings. The summed E-state index contributed by atoms with van der Waals surface area (Å²) in [5.74, 6) is -0.601. The molecule has 1 unspecified atom stereocenters. The van der Waals surface area contributed by atoms with Gasteiger partial charge in [-0.1, -0.05) is 0 Å². The fourth-order valence-corrected chi connectivity index (χ4v) is 1.44. The standard InChI is InChI=1S/C10H12N4O2/c1-6-2-3-14-8(4-6)12-10(13-14)7(11)5-9(15)16/h2-4,7H,5,11H2,1H3,(H,15,16). The van der Waals surface area contributed by atoms with Gasteiger partial charge < -0.3 is 10.8 Å². The summed E-state index contributed by atoms with van der Waals surface area (Å²) in [7, 11) is 0. The van der Waals surface area contributed by atoms with Crippen molar-refractivity contribution >= 4 is 11.6 Å². The molecule has 0 aliphatic carbocycles. The molecular formula is C10H12N4O2. The molecule has 84 valence electrons. The number of hydrogen-bond acceptors (Lipinski definition) is 4. The second-order valence-electron chi connectivity index (χ2n) is 3.68. The molecule has 0 radical (unpaired) electrons. The van der Waals surface area contributed by atoms with Gasteiger partial charge in [-0.25, -0.2) is 9.50 Å². The molecule has 0 bridgehead atoms. The Labute approximate surface area is 91.7 Å². The molecule has 2 aromatic heterocycles. The first-order valence-electron chi connectivity index (χ1n) is 4.86. The highest BCUT2D eigenvalue weighted by molar-refractivity contribution is 5.67. The van der Waals surface area contributed by atoms with Crippen molar-refractivity contribution in [2.24, 2.45) is 5.73 Å². The zero-order chi connectivity index (χ0) is 11.7. The first kappa shape index (κ1) is 10.6. The molecule has 0 saturated carbocycles. The number of rotatable bonds is 3. The highest BCUT2D eigenvalue weighted by Crippen LogP contribution is 2.12. The Hall–Kier alpha value is -1.95. The third-order valence-electron chi connectivity index (χ3n) is 2.24. The summed E-state index contributed by atoms with van der Waals surface area (Å²) >= 11 is 0. The van der Waals surface area contributed by atoms with Crippen LogP contribution in [0.3, 0.4) is 0 Å². The number of hydrogen-bond donors (Lipinski definition) is 2. The van der Waals surface area contributed by atoms with Crippen LogP contribution < -0.4 is 5.73 Å². The van der Waals surface area contributed by atoms with Crippen LogP contribution in [0.1, 0.15) is 23.9 Å². The zero-order valence-corrected chi connectivity index (χ0v) is 8.79. The van der Waals surface area contributed by atoms with E-state index in [9.17, 15) is 4.79 Å². The summed E-state index contributed by atoms with van der Waals surface area (Å²) in [5.41, 5.74) is 7.42. The van der Waals surface area contributed by atoms with Crippen LogP contribution >= 0.6 is 0 Å². The van der Waals surface area contributed by atoms with Crippen molar-refractivity contribution in [3.05, 3.63) is 29.7 Å². The van der Waals surface area contributed by atoms with Crippen molar-refractivity contribution < 1.29 is 9.90 Å². The van der Waals surface area contributed by atoms with Crippen molar-refractivity contribution in [2.75, 3.05) is 0 Å². The maximum absolute atomic E-state index is 10.5. The smallest absolute Gasteiger partial charge is 0.305 e. The van der Waals surface area contributed by atoms with Gasteiger partial charge in [0.25, 0.3) is 0 Å². The molecule has 0 amide bonds. The summed E-state index contributed by atoms with van der Waals surface area (Å²) in [4.78, 5) is 14.7. The molecule has 3 N–H and O–H groups in total. The van der Waals surface area contributed by atoms with Crippen molar-refractivity contribution in [3.63, 3.8) is 0 Å². The SMILES string of the molecule is Cc1ccn2nc(C(N)CC(=O)O)nc2c1. The van der Waals surface area contributed by atoms with E-state index < -0.39 is 12.0 Å². The van der Waals surface area contributed by atoms with E-state index in [1.807, 2.05) is 19.1 Å². The molecule has 2 rings (SSSR count). The van der Waals surface area contributed by atoms with Gasteiger partial charge in [0.15, 0.2) is 11.5 Å².